The molecule has 0 aromatic heterocycles. The van der Waals surface area contributed by atoms with Gasteiger partial charge in [0.05, 0.1) is 5.56 Å². The van der Waals surface area contributed by atoms with Crippen molar-refractivity contribution in [3.8, 4) is 0 Å². The van der Waals surface area contributed by atoms with Crippen LogP contribution < -0.4 is 5.32 Å². The highest BCUT2D eigenvalue weighted by Crippen LogP contribution is 2.14. The Morgan fingerprint density at radius 3 is 1.52 bits per heavy atom. The Morgan fingerprint density at radius 1 is 0.704 bits per heavy atom. The van der Waals surface area contributed by atoms with E-state index in [2.05, 4.69) is 21.2 Å². The number of hydrogen-bond donors (Lipinski definition) is 2. The summed E-state index contributed by atoms with van der Waals surface area (Å²) in [5, 5.41) is 13.4. The summed E-state index contributed by atoms with van der Waals surface area (Å²) in [7, 11) is 0. The maximum Gasteiger partial charge on any atom is 0.335 e. The molecule has 1 aromatic carbocycles. The number of unbranched alkanes of at least 4 members (excludes halogenated alkanes) is 13. The Labute approximate surface area is 174 Å². The zero-order valence-corrected chi connectivity index (χ0v) is 18.4. The first kappa shape index (κ1) is 24.0. The molecule has 0 unspecified atom stereocenters. The van der Waals surface area contributed by atoms with Gasteiger partial charge in [0, 0.05) is 17.6 Å². The SMILES string of the molecule is O=C(O)c1ccc(NCCCCCCCCCCCCCCCCBr)cc1. The van der Waals surface area contributed by atoms with Gasteiger partial charge in [0.2, 0.25) is 0 Å². The van der Waals surface area contributed by atoms with Crippen molar-refractivity contribution >= 4 is 27.6 Å². The zero-order valence-electron chi connectivity index (χ0n) is 16.9. The monoisotopic (exact) mass is 439 g/mol. The van der Waals surface area contributed by atoms with Crippen LogP contribution in [-0.4, -0.2) is 23.0 Å². The lowest BCUT2D eigenvalue weighted by Gasteiger charge is -2.07. The molecule has 0 heterocycles. The van der Waals surface area contributed by atoms with Gasteiger partial charge in [-0.05, 0) is 37.1 Å². The van der Waals surface area contributed by atoms with E-state index in [1.165, 1.54) is 89.9 Å². The average Bonchev–Trinajstić information content (AvgIpc) is 2.68. The maximum atomic E-state index is 10.8. The van der Waals surface area contributed by atoms with Crippen LogP contribution in [0.1, 0.15) is 100 Å². The molecule has 0 aliphatic carbocycles. The number of carboxylic acid groups (broad SMARTS) is 1. The Morgan fingerprint density at radius 2 is 1.11 bits per heavy atom. The van der Waals surface area contributed by atoms with Crippen molar-refractivity contribution < 1.29 is 9.90 Å². The fourth-order valence-electron chi connectivity index (χ4n) is 3.30. The summed E-state index contributed by atoms with van der Waals surface area (Å²) >= 11 is 3.49. The van der Waals surface area contributed by atoms with Crippen molar-refractivity contribution in [3.63, 3.8) is 0 Å². The third-order valence-electron chi connectivity index (χ3n) is 5.02. The molecule has 0 saturated carbocycles. The lowest BCUT2D eigenvalue weighted by Crippen LogP contribution is -2.02. The first-order chi connectivity index (χ1) is 13.2. The highest BCUT2D eigenvalue weighted by Gasteiger charge is 2.01. The molecule has 4 heteroatoms. The van der Waals surface area contributed by atoms with Crippen molar-refractivity contribution in [2.75, 3.05) is 17.2 Å². The lowest BCUT2D eigenvalue weighted by molar-refractivity contribution is 0.0697. The first-order valence-corrected chi connectivity index (χ1v) is 12.0. The van der Waals surface area contributed by atoms with Crippen LogP contribution in [0.15, 0.2) is 24.3 Å². The molecule has 0 amide bonds. The van der Waals surface area contributed by atoms with E-state index >= 15 is 0 Å². The summed E-state index contributed by atoms with van der Waals surface area (Å²) in [5.41, 5.74) is 1.34. The van der Waals surface area contributed by atoms with Gasteiger partial charge in [0.25, 0.3) is 0 Å². The molecule has 0 aliphatic heterocycles. The molecular weight excluding hydrogens is 402 g/mol. The molecule has 0 fully saturated rings. The number of nitrogens with one attached hydrogen (secondary N) is 1. The summed E-state index contributed by atoms with van der Waals surface area (Å²) in [4.78, 5) is 10.8. The van der Waals surface area contributed by atoms with E-state index in [0.717, 1.165) is 17.6 Å². The molecule has 0 aliphatic rings. The molecule has 27 heavy (non-hydrogen) atoms. The van der Waals surface area contributed by atoms with E-state index < -0.39 is 5.97 Å². The Balaban J connectivity index is 1.81. The van der Waals surface area contributed by atoms with Crippen LogP contribution in [0.2, 0.25) is 0 Å². The highest BCUT2D eigenvalue weighted by atomic mass is 79.9. The summed E-state index contributed by atoms with van der Waals surface area (Å²) in [5.74, 6) is -0.873. The van der Waals surface area contributed by atoms with Crippen LogP contribution in [0.25, 0.3) is 0 Å². The van der Waals surface area contributed by atoms with Gasteiger partial charge in [-0.3, -0.25) is 0 Å². The van der Waals surface area contributed by atoms with Crippen molar-refractivity contribution in [1.29, 1.82) is 0 Å². The number of alkyl halides is 1. The number of carbonyl (C=O) groups is 1. The van der Waals surface area contributed by atoms with Crippen LogP contribution in [0.3, 0.4) is 0 Å². The van der Waals surface area contributed by atoms with Crippen LogP contribution in [-0.2, 0) is 0 Å². The Kier molecular flexibility index (Phi) is 15.2. The van der Waals surface area contributed by atoms with Crippen LogP contribution in [0, 0.1) is 0 Å². The van der Waals surface area contributed by atoms with Gasteiger partial charge in [-0.25, -0.2) is 4.79 Å². The molecule has 2 N–H and O–H groups in total. The standard InChI is InChI=1S/C23H38BrNO2/c24-19-13-11-9-7-5-3-1-2-4-6-8-10-12-14-20-25-22-17-15-21(16-18-22)23(26)27/h15-18,25H,1-14,19-20H2,(H,26,27). The molecule has 1 rings (SSSR count). The predicted octanol–water partition coefficient (Wildman–Crippen LogP) is 7.65. The molecule has 0 spiro atoms. The van der Waals surface area contributed by atoms with E-state index in [1.807, 2.05) is 12.1 Å². The fourth-order valence-corrected chi connectivity index (χ4v) is 3.70. The van der Waals surface area contributed by atoms with Crippen LogP contribution >= 0.6 is 15.9 Å². The number of aromatic carboxylic acids is 1. The second-order valence-electron chi connectivity index (χ2n) is 7.45. The van der Waals surface area contributed by atoms with Gasteiger partial charge in [-0.15, -0.1) is 0 Å². The van der Waals surface area contributed by atoms with Crippen LogP contribution in [0.4, 0.5) is 5.69 Å². The van der Waals surface area contributed by atoms with Gasteiger partial charge in [0.1, 0.15) is 0 Å². The third kappa shape index (κ3) is 13.7. The smallest absolute Gasteiger partial charge is 0.335 e. The number of carboxylic acids is 1. The highest BCUT2D eigenvalue weighted by molar-refractivity contribution is 9.09. The minimum absolute atomic E-state index is 0.339. The third-order valence-corrected chi connectivity index (χ3v) is 5.58. The summed E-state index contributed by atoms with van der Waals surface area (Å²) < 4.78 is 0. The van der Waals surface area contributed by atoms with Crippen LogP contribution in [0.5, 0.6) is 0 Å². The second-order valence-corrected chi connectivity index (χ2v) is 8.24. The largest absolute Gasteiger partial charge is 0.478 e. The van der Waals surface area contributed by atoms with Gasteiger partial charge in [0.15, 0.2) is 0 Å². The van der Waals surface area contributed by atoms with Gasteiger partial charge in [-0.2, -0.15) is 0 Å². The second kappa shape index (κ2) is 17.1. The predicted molar refractivity (Wildman–Crippen MR) is 120 cm³/mol. The number of rotatable bonds is 18. The number of anilines is 1. The lowest BCUT2D eigenvalue weighted by atomic mass is 10.0. The molecular formula is C23H38BrNO2. The summed E-state index contributed by atoms with van der Waals surface area (Å²) in [6.07, 6.45) is 19.1. The minimum Gasteiger partial charge on any atom is -0.478 e. The molecule has 154 valence electrons. The normalized spacial score (nSPS) is 10.9. The molecule has 0 bridgehead atoms. The average molecular weight is 440 g/mol. The fraction of sp³-hybridized carbons (Fsp3) is 0.696. The number of halogens is 1. The Bertz CT molecular complexity index is 476. The van der Waals surface area contributed by atoms with Crippen molar-refractivity contribution in [1.82, 2.24) is 0 Å². The number of benzene rings is 1. The molecule has 3 nitrogen and oxygen atoms in total. The minimum atomic E-state index is -0.873. The molecule has 1 aromatic rings. The topological polar surface area (TPSA) is 49.3 Å². The zero-order chi connectivity index (χ0) is 19.6. The number of hydrogen-bond acceptors (Lipinski definition) is 2. The first-order valence-electron chi connectivity index (χ1n) is 10.9. The van der Waals surface area contributed by atoms with E-state index in [0.29, 0.717) is 5.56 Å². The summed E-state index contributed by atoms with van der Waals surface area (Å²) in [6, 6.07) is 6.98. The molecule has 0 atom stereocenters. The van der Waals surface area contributed by atoms with Crippen molar-refractivity contribution in [2.24, 2.45) is 0 Å². The molecule has 0 saturated heterocycles. The molecule has 0 radical (unpaired) electrons. The van der Waals surface area contributed by atoms with E-state index in [9.17, 15) is 4.79 Å². The van der Waals surface area contributed by atoms with Gasteiger partial charge < -0.3 is 10.4 Å². The Hall–Kier alpha value is -1.03. The summed E-state index contributed by atoms with van der Waals surface area (Å²) in [6.45, 7) is 0.960. The van der Waals surface area contributed by atoms with Gasteiger partial charge >= 0.3 is 5.97 Å². The van der Waals surface area contributed by atoms with E-state index in [1.54, 1.807) is 12.1 Å². The van der Waals surface area contributed by atoms with E-state index in [4.69, 9.17) is 5.11 Å². The maximum absolute atomic E-state index is 10.8. The van der Waals surface area contributed by atoms with Crippen molar-refractivity contribution in [2.45, 2.75) is 89.9 Å². The van der Waals surface area contributed by atoms with E-state index in [-0.39, 0.29) is 0 Å². The van der Waals surface area contributed by atoms with Crippen molar-refractivity contribution in [3.05, 3.63) is 29.8 Å². The van der Waals surface area contributed by atoms with Gasteiger partial charge in [-0.1, -0.05) is 93.0 Å². The quantitative estimate of drug-likeness (QED) is 0.182.